The summed E-state index contributed by atoms with van der Waals surface area (Å²) in [7, 11) is 0. The average Bonchev–Trinajstić information content (AvgIpc) is 2.92. The van der Waals surface area contributed by atoms with Crippen LogP contribution in [0, 0.1) is 5.82 Å². The quantitative estimate of drug-likeness (QED) is 0.615. The summed E-state index contributed by atoms with van der Waals surface area (Å²) in [6.07, 6.45) is 2.43. The van der Waals surface area contributed by atoms with Crippen LogP contribution in [0.4, 0.5) is 4.39 Å². The normalized spacial score (nSPS) is 13.7. The number of carbonyl (C=O) groups is 1. The first-order chi connectivity index (χ1) is 12.7. The molecule has 0 bridgehead atoms. The molecule has 0 aliphatic carbocycles. The van der Waals surface area contributed by atoms with E-state index in [0.29, 0.717) is 24.1 Å². The summed E-state index contributed by atoms with van der Waals surface area (Å²) in [6.45, 7) is 0.838. The van der Waals surface area contributed by atoms with Crippen molar-refractivity contribution in [1.82, 2.24) is 10.5 Å². The predicted molar refractivity (Wildman–Crippen MR) is 97.9 cm³/mol. The number of hydroxylamine groups is 1. The van der Waals surface area contributed by atoms with Gasteiger partial charge in [0, 0.05) is 22.0 Å². The van der Waals surface area contributed by atoms with Crippen molar-refractivity contribution in [1.29, 1.82) is 0 Å². The number of nitrogens with one attached hydrogen (secondary N) is 2. The van der Waals surface area contributed by atoms with E-state index >= 15 is 0 Å². The number of aromatic nitrogens is 1. The first-order valence-electron chi connectivity index (χ1n) is 8.73. The molecule has 1 aliphatic heterocycles. The lowest BCUT2D eigenvalue weighted by Crippen LogP contribution is -2.21. The van der Waals surface area contributed by atoms with E-state index in [9.17, 15) is 9.18 Å². The van der Waals surface area contributed by atoms with E-state index in [0.717, 1.165) is 40.6 Å². The van der Waals surface area contributed by atoms with Crippen molar-refractivity contribution in [2.45, 2.75) is 25.9 Å². The van der Waals surface area contributed by atoms with Crippen LogP contribution < -0.4 is 11.2 Å². The van der Waals surface area contributed by atoms with Gasteiger partial charge in [0.1, 0.15) is 12.4 Å². The van der Waals surface area contributed by atoms with Crippen molar-refractivity contribution >= 4 is 16.8 Å². The van der Waals surface area contributed by atoms with Crippen molar-refractivity contribution in [3.8, 4) is 11.3 Å². The molecule has 1 aromatic heterocycles. The van der Waals surface area contributed by atoms with Crippen molar-refractivity contribution in [2.75, 3.05) is 6.54 Å². The molecule has 4 rings (SSSR count). The van der Waals surface area contributed by atoms with Gasteiger partial charge >= 0.3 is 0 Å². The van der Waals surface area contributed by atoms with Crippen molar-refractivity contribution < 1.29 is 14.0 Å². The molecule has 2 aromatic carbocycles. The summed E-state index contributed by atoms with van der Waals surface area (Å²) in [6, 6.07) is 10.7. The molecule has 1 aliphatic rings. The van der Waals surface area contributed by atoms with Crippen molar-refractivity contribution in [3.05, 3.63) is 58.9 Å². The van der Waals surface area contributed by atoms with Crippen LogP contribution in [-0.4, -0.2) is 17.4 Å². The number of nitrogens with two attached hydrogens (primary N) is 1. The summed E-state index contributed by atoms with van der Waals surface area (Å²) in [5.74, 6) is -0.504. The highest BCUT2D eigenvalue weighted by atomic mass is 19.1. The van der Waals surface area contributed by atoms with Crippen molar-refractivity contribution in [2.24, 2.45) is 5.73 Å². The molecule has 134 valence electrons. The van der Waals surface area contributed by atoms with E-state index in [1.807, 2.05) is 24.3 Å². The summed E-state index contributed by atoms with van der Waals surface area (Å²) >= 11 is 0. The maximum Gasteiger partial charge on any atom is 0.275 e. The minimum Gasteiger partial charge on any atom is -0.354 e. The van der Waals surface area contributed by atoms with E-state index in [-0.39, 0.29) is 18.3 Å². The molecule has 0 fully saturated rings. The first-order valence-corrected chi connectivity index (χ1v) is 8.73. The van der Waals surface area contributed by atoms with Gasteiger partial charge in [0.2, 0.25) is 0 Å². The molecule has 0 saturated heterocycles. The van der Waals surface area contributed by atoms with Gasteiger partial charge in [0.15, 0.2) is 0 Å². The molecule has 1 amide bonds. The predicted octanol–water partition coefficient (Wildman–Crippen LogP) is 3.43. The Labute approximate surface area is 150 Å². The molecule has 0 spiro atoms. The highest BCUT2D eigenvalue weighted by Gasteiger charge is 2.23. The summed E-state index contributed by atoms with van der Waals surface area (Å²) < 4.78 is 14.5. The molecule has 26 heavy (non-hydrogen) atoms. The van der Waals surface area contributed by atoms with Gasteiger partial charge in [-0.25, -0.2) is 9.87 Å². The van der Waals surface area contributed by atoms with Crippen LogP contribution in [0.3, 0.4) is 0 Å². The maximum atomic E-state index is 14.5. The van der Waals surface area contributed by atoms with Crippen LogP contribution in [0.5, 0.6) is 0 Å². The van der Waals surface area contributed by atoms with Gasteiger partial charge in [-0.3, -0.25) is 9.63 Å². The maximum absolute atomic E-state index is 14.5. The zero-order valence-electron chi connectivity index (χ0n) is 14.3. The van der Waals surface area contributed by atoms with Gasteiger partial charge < -0.3 is 10.7 Å². The van der Waals surface area contributed by atoms with E-state index in [2.05, 4.69) is 10.5 Å². The van der Waals surface area contributed by atoms with E-state index in [4.69, 9.17) is 10.6 Å². The van der Waals surface area contributed by atoms with Gasteiger partial charge in [-0.05, 0) is 49.6 Å². The number of rotatable bonds is 5. The number of H-pyrrole nitrogens is 1. The van der Waals surface area contributed by atoms with Gasteiger partial charge in [0.25, 0.3) is 5.91 Å². The molecule has 0 unspecified atom stereocenters. The Morgan fingerprint density at radius 2 is 2.08 bits per heavy atom. The molecule has 0 atom stereocenters. The van der Waals surface area contributed by atoms with Crippen LogP contribution in [-0.2, 0) is 17.9 Å². The third kappa shape index (κ3) is 2.87. The largest absolute Gasteiger partial charge is 0.354 e. The fourth-order valence-electron chi connectivity index (χ4n) is 3.49. The summed E-state index contributed by atoms with van der Waals surface area (Å²) in [4.78, 5) is 20.8. The number of hydrogen-bond donors (Lipinski definition) is 3. The number of aryl methyl sites for hydroxylation is 1. The molecule has 0 saturated carbocycles. The van der Waals surface area contributed by atoms with Gasteiger partial charge in [-0.1, -0.05) is 18.2 Å². The van der Waals surface area contributed by atoms with Crippen LogP contribution in [0.2, 0.25) is 0 Å². The molecule has 6 heteroatoms. The van der Waals surface area contributed by atoms with Crippen molar-refractivity contribution in [3.63, 3.8) is 0 Å². The van der Waals surface area contributed by atoms with E-state index < -0.39 is 0 Å². The third-order valence-electron chi connectivity index (χ3n) is 4.80. The molecule has 2 heterocycles. The van der Waals surface area contributed by atoms with E-state index in [1.54, 1.807) is 12.1 Å². The number of hydrogen-bond acceptors (Lipinski definition) is 3. The number of aromatic amines is 1. The van der Waals surface area contributed by atoms with Crippen LogP contribution in [0.1, 0.15) is 34.3 Å². The monoisotopic (exact) mass is 353 g/mol. The lowest BCUT2D eigenvalue weighted by Gasteiger charge is -2.08. The summed E-state index contributed by atoms with van der Waals surface area (Å²) in [5.41, 5.74) is 12.4. The second-order valence-corrected chi connectivity index (χ2v) is 6.48. The Balaban J connectivity index is 1.77. The average molecular weight is 353 g/mol. The standard InChI is InChI=1S/C20H20FN3O2/c21-16-10-13(8-7-12(16)4-1-2-9-22)19-15-11-26-24-20(25)14-5-3-6-17(23-19)18(14)15/h3,5-8,10,23H,1-2,4,9,11,22H2,(H,24,25). The molecule has 0 radical (unpaired) electrons. The highest BCUT2D eigenvalue weighted by molar-refractivity contribution is 6.09. The number of unbranched alkanes of at least 4 members (excludes halogenated alkanes) is 1. The second-order valence-electron chi connectivity index (χ2n) is 6.48. The fourth-order valence-corrected chi connectivity index (χ4v) is 3.49. The van der Waals surface area contributed by atoms with Crippen LogP contribution >= 0.6 is 0 Å². The minimum absolute atomic E-state index is 0.220. The Morgan fingerprint density at radius 3 is 2.88 bits per heavy atom. The van der Waals surface area contributed by atoms with Crippen LogP contribution in [0.25, 0.3) is 22.2 Å². The fraction of sp³-hybridized carbons (Fsp3) is 0.250. The van der Waals surface area contributed by atoms with Gasteiger partial charge in [-0.15, -0.1) is 0 Å². The Morgan fingerprint density at radius 1 is 1.19 bits per heavy atom. The molecule has 4 N–H and O–H groups in total. The zero-order chi connectivity index (χ0) is 18.1. The second kappa shape index (κ2) is 6.90. The lowest BCUT2D eigenvalue weighted by molar-refractivity contribution is 0.0256. The molecule has 5 nitrogen and oxygen atoms in total. The number of amides is 1. The third-order valence-corrected chi connectivity index (χ3v) is 4.80. The van der Waals surface area contributed by atoms with Gasteiger partial charge in [-0.2, -0.15) is 0 Å². The van der Waals surface area contributed by atoms with Crippen LogP contribution in [0.15, 0.2) is 36.4 Å². The minimum atomic E-state index is -0.277. The number of benzene rings is 2. The molecular formula is C20H20FN3O2. The topological polar surface area (TPSA) is 80.1 Å². The summed E-state index contributed by atoms with van der Waals surface area (Å²) in [5, 5.41) is 0.824. The smallest absolute Gasteiger partial charge is 0.275 e. The number of halogens is 1. The van der Waals surface area contributed by atoms with E-state index in [1.165, 1.54) is 0 Å². The molecular weight excluding hydrogens is 333 g/mol. The first kappa shape index (κ1) is 16.8. The Bertz CT molecular complexity index is 981. The Kier molecular flexibility index (Phi) is 4.44. The number of carbonyl (C=O) groups excluding carboxylic acids is 1. The molecule has 3 aromatic rings. The zero-order valence-corrected chi connectivity index (χ0v) is 14.3. The lowest BCUT2D eigenvalue weighted by atomic mass is 10.00. The highest BCUT2D eigenvalue weighted by Crippen LogP contribution is 2.34. The Hall–Kier alpha value is -2.70. The SMILES string of the molecule is NCCCCc1ccc(-c2[nH]c3cccc4c3c2CONC4=O)cc1F. The van der Waals surface area contributed by atoms with Gasteiger partial charge in [0.05, 0.1) is 11.3 Å².